The van der Waals surface area contributed by atoms with Crippen molar-refractivity contribution in [1.82, 2.24) is 14.3 Å². The SMILES string of the molecule is c1ccc(-c2cccc(-c3cc(-c4cccc(-c5ccccc5)c4)n(-c4ccc(-c5ccccc5-c5ccccc5-c5ccc(-n6c7ccccc7c7ccccc76)cc5)cc4)n3)c2)cc1. The van der Waals surface area contributed by atoms with E-state index in [1.807, 2.05) is 0 Å². The maximum Gasteiger partial charge on any atom is 0.0934 e. The molecule has 0 fully saturated rings. The van der Waals surface area contributed by atoms with Crippen molar-refractivity contribution in [3.8, 4) is 89.5 Å². The van der Waals surface area contributed by atoms with Crippen molar-refractivity contribution in [3.05, 3.63) is 261 Å². The van der Waals surface area contributed by atoms with E-state index >= 15 is 0 Å². The molecule has 0 aliphatic rings. The molecule has 0 radical (unpaired) electrons. The Kier molecular flexibility index (Phi) is 9.85. The van der Waals surface area contributed by atoms with Crippen LogP contribution in [0, 0.1) is 0 Å². The van der Waals surface area contributed by atoms with Gasteiger partial charge >= 0.3 is 0 Å². The minimum absolute atomic E-state index is 0.919. The summed E-state index contributed by atoms with van der Waals surface area (Å²) in [5.74, 6) is 0. The van der Waals surface area contributed by atoms with Crippen molar-refractivity contribution in [3.63, 3.8) is 0 Å². The Labute approximate surface area is 384 Å². The van der Waals surface area contributed by atoms with Crippen molar-refractivity contribution in [2.75, 3.05) is 0 Å². The number of benzene rings is 10. The minimum atomic E-state index is 0.919. The monoisotopic (exact) mass is 841 g/mol. The van der Waals surface area contributed by atoms with Crippen LogP contribution in [0.2, 0.25) is 0 Å². The lowest BCUT2D eigenvalue weighted by atomic mass is 9.89. The largest absolute Gasteiger partial charge is 0.309 e. The molecular formula is C63H43N3. The molecule has 2 heterocycles. The highest BCUT2D eigenvalue weighted by Gasteiger charge is 2.18. The van der Waals surface area contributed by atoms with Crippen LogP contribution in [0.1, 0.15) is 0 Å². The lowest BCUT2D eigenvalue weighted by Gasteiger charge is -2.16. The fourth-order valence-corrected chi connectivity index (χ4v) is 9.61. The van der Waals surface area contributed by atoms with E-state index in [1.165, 1.54) is 66.3 Å². The molecule has 0 unspecified atom stereocenters. The summed E-state index contributed by atoms with van der Waals surface area (Å²) in [6, 6.07) is 93.6. The fourth-order valence-electron chi connectivity index (χ4n) is 9.61. The predicted molar refractivity (Wildman–Crippen MR) is 276 cm³/mol. The second-order valence-electron chi connectivity index (χ2n) is 16.8. The molecule has 310 valence electrons. The number of rotatable bonds is 9. The van der Waals surface area contributed by atoms with Crippen LogP contribution in [0.5, 0.6) is 0 Å². The predicted octanol–water partition coefficient (Wildman–Crippen LogP) is 16.6. The number of para-hydroxylation sites is 2. The molecule has 0 spiro atoms. The van der Waals surface area contributed by atoms with Crippen LogP contribution < -0.4 is 0 Å². The van der Waals surface area contributed by atoms with Crippen molar-refractivity contribution >= 4 is 21.8 Å². The minimum Gasteiger partial charge on any atom is -0.309 e. The summed E-state index contributed by atoms with van der Waals surface area (Å²) in [5.41, 5.74) is 20.4. The molecule has 0 amide bonds. The lowest BCUT2D eigenvalue weighted by Crippen LogP contribution is -1.99. The normalized spacial score (nSPS) is 11.3. The molecule has 0 saturated carbocycles. The van der Waals surface area contributed by atoms with Crippen LogP contribution in [-0.4, -0.2) is 14.3 Å². The van der Waals surface area contributed by atoms with E-state index in [1.54, 1.807) is 0 Å². The van der Waals surface area contributed by atoms with Crippen LogP contribution in [-0.2, 0) is 0 Å². The van der Waals surface area contributed by atoms with Gasteiger partial charge in [-0.3, -0.25) is 0 Å². The van der Waals surface area contributed by atoms with Gasteiger partial charge in [0.05, 0.1) is 28.1 Å². The summed E-state index contributed by atoms with van der Waals surface area (Å²) in [6.45, 7) is 0. The maximum absolute atomic E-state index is 5.34. The quantitative estimate of drug-likeness (QED) is 0.142. The summed E-state index contributed by atoms with van der Waals surface area (Å²) >= 11 is 0. The van der Waals surface area contributed by atoms with Gasteiger partial charge in [0.25, 0.3) is 0 Å². The molecule has 3 heteroatoms. The van der Waals surface area contributed by atoms with Crippen LogP contribution in [0.4, 0.5) is 0 Å². The van der Waals surface area contributed by atoms with E-state index in [0.29, 0.717) is 0 Å². The van der Waals surface area contributed by atoms with Gasteiger partial charge in [0.2, 0.25) is 0 Å². The van der Waals surface area contributed by atoms with Gasteiger partial charge in [0.15, 0.2) is 0 Å². The zero-order chi connectivity index (χ0) is 43.8. The fraction of sp³-hybridized carbons (Fsp3) is 0. The summed E-state index contributed by atoms with van der Waals surface area (Å²) in [6.07, 6.45) is 0. The molecule has 2 aromatic heterocycles. The van der Waals surface area contributed by atoms with E-state index in [9.17, 15) is 0 Å². The maximum atomic E-state index is 5.34. The van der Waals surface area contributed by atoms with E-state index in [2.05, 4.69) is 270 Å². The van der Waals surface area contributed by atoms with Gasteiger partial charge in [-0.2, -0.15) is 5.10 Å². The van der Waals surface area contributed by atoms with Gasteiger partial charge in [0.1, 0.15) is 0 Å². The first-order valence-corrected chi connectivity index (χ1v) is 22.5. The molecule has 0 bridgehead atoms. The zero-order valence-corrected chi connectivity index (χ0v) is 36.2. The highest BCUT2D eigenvalue weighted by atomic mass is 15.3. The first-order valence-electron chi connectivity index (χ1n) is 22.5. The first kappa shape index (κ1) is 38.9. The number of hydrogen-bond acceptors (Lipinski definition) is 1. The smallest absolute Gasteiger partial charge is 0.0934 e. The Morgan fingerprint density at radius 3 is 1.21 bits per heavy atom. The van der Waals surface area contributed by atoms with Crippen molar-refractivity contribution in [1.29, 1.82) is 0 Å². The van der Waals surface area contributed by atoms with Crippen LogP contribution in [0.25, 0.3) is 111 Å². The first-order chi connectivity index (χ1) is 32.7. The van der Waals surface area contributed by atoms with Gasteiger partial charge in [-0.25, -0.2) is 4.68 Å². The average Bonchev–Trinajstić information content (AvgIpc) is 4.00. The highest BCUT2D eigenvalue weighted by molar-refractivity contribution is 6.09. The average molecular weight is 842 g/mol. The molecule has 66 heavy (non-hydrogen) atoms. The third-order valence-corrected chi connectivity index (χ3v) is 12.8. The molecule has 12 aromatic rings. The van der Waals surface area contributed by atoms with E-state index in [4.69, 9.17) is 5.10 Å². The third-order valence-electron chi connectivity index (χ3n) is 12.8. The van der Waals surface area contributed by atoms with Crippen molar-refractivity contribution in [2.24, 2.45) is 0 Å². The van der Waals surface area contributed by atoms with Crippen LogP contribution in [0.15, 0.2) is 261 Å². The second kappa shape index (κ2) is 16.7. The number of nitrogens with zero attached hydrogens (tertiary/aromatic N) is 3. The Hall–Kier alpha value is -8.79. The highest BCUT2D eigenvalue weighted by Crippen LogP contribution is 2.40. The molecule has 0 N–H and O–H groups in total. The van der Waals surface area contributed by atoms with Gasteiger partial charge < -0.3 is 4.57 Å². The van der Waals surface area contributed by atoms with Gasteiger partial charge in [-0.1, -0.05) is 206 Å². The van der Waals surface area contributed by atoms with E-state index in [-0.39, 0.29) is 0 Å². The third kappa shape index (κ3) is 7.10. The standard InChI is InChI=1S/C63H43N3/c1-3-17-44(18-4-1)48-21-15-23-50(41-48)60-43-63(51-24-16-22-49(42-51)45-19-5-2-6-20-45)66(64-60)53-39-35-47(36-40-53)55-26-8-10-28-57(55)56-27-9-7-25-54(56)46-33-37-52(38-34-46)65-61-31-13-11-29-58(61)59-30-12-14-32-62(59)65/h1-43H. The Balaban J connectivity index is 0.912. The van der Waals surface area contributed by atoms with E-state index in [0.717, 1.165) is 45.0 Å². The van der Waals surface area contributed by atoms with Crippen molar-refractivity contribution < 1.29 is 0 Å². The van der Waals surface area contributed by atoms with Crippen molar-refractivity contribution in [2.45, 2.75) is 0 Å². The molecule has 0 atom stereocenters. The number of hydrogen-bond donors (Lipinski definition) is 0. The molecule has 10 aromatic carbocycles. The summed E-state index contributed by atoms with van der Waals surface area (Å²) in [7, 11) is 0. The molecule has 0 saturated heterocycles. The molecule has 0 aliphatic heterocycles. The molecule has 12 rings (SSSR count). The summed E-state index contributed by atoms with van der Waals surface area (Å²) < 4.78 is 4.47. The van der Waals surface area contributed by atoms with Crippen LogP contribution in [0.3, 0.4) is 0 Å². The van der Waals surface area contributed by atoms with Crippen LogP contribution >= 0.6 is 0 Å². The van der Waals surface area contributed by atoms with E-state index < -0.39 is 0 Å². The summed E-state index contributed by atoms with van der Waals surface area (Å²) in [4.78, 5) is 0. The summed E-state index contributed by atoms with van der Waals surface area (Å²) in [5, 5.41) is 7.87. The Bertz CT molecular complexity index is 3620. The van der Waals surface area contributed by atoms with Gasteiger partial charge in [-0.15, -0.1) is 0 Å². The second-order valence-corrected chi connectivity index (χ2v) is 16.8. The Morgan fingerprint density at radius 1 is 0.258 bits per heavy atom. The molecule has 3 nitrogen and oxygen atoms in total. The molecule has 0 aliphatic carbocycles. The number of fused-ring (bicyclic) bond motifs is 3. The van der Waals surface area contributed by atoms with Gasteiger partial charge in [0, 0.05) is 27.6 Å². The topological polar surface area (TPSA) is 22.8 Å². The lowest BCUT2D eigenvalue weighted by molar-refractivity contribution is 0.892. The number of aromatic nitrogens is 3. The zero-order valence-electron chi connectivity index (χ0n) is 36.2. The van der Waals surface area contributed by atoms with Gasteiger partial charge in [-0.05, 0) is 110 Å². The Morgan fingerprint density at radius 2 is 0.667 bits per heavy atom. The molecular weight excluding hydrogens is 799 g/mol.